The molecule has 18 aromatic carbocycles. The fourth-order valence-electron chi connectivity index (χ4n) is 16.3. The second-order valence-corrected chi connectivity index (χ2v) is 36.7. The summed E-state index contributed by atoms with van der Waals surface area (Å²) in [5, 5.41) is 18.5. The van der Waals surface area contributed by atoms with E-state index >= 15 is 0 Å². The average molecular weight is 1660 g/mol. The van der Waals surface area contributed by atoms with Crippen LogP contribution >= 0.6 is 56.7 Å². The molecule has 7 heterocycles. The van der Waals surface area contributed by atoms with E-state index in [1.807, 2.05) is 80.9 Å². The van der Waals surface area contributed by atoms with E-state index in [4.69, 9.17) is 8.83 Å². The van der Waals surface area contributed by atoms with Crippen molar-refractivity contribution < 1.29 is 8.83 Å². The third kappa shape index (κ3) is 16.4. The van der Waals surface area contributed by atoms with Crippen LogP contribution in [0.3, 0.4) is 0 Å². The number of fused-ring (bicyclic) bond motifs is 21. The summed E-state index contributed by atoms with van der Waals surface area (Å²) in [7, 11) is 0. The van der Waals surface area contributed by atoms with Gasteiger partial charge in [-0.2, -0.15) is 0 Å². The molecule has 0 atom stereocenters. The van der Waals surface area contributed by atoms with Crippen LogP contribution in [0.1, 0.15) is 38.9 Å². The quantitative estimate of drug-likeness (QED) is 0.176. The molecule has 0 saturated heterocycles. The van der Waals surface area contributed by atoms with Gasteiger partial charge in [-0.3, -0.25) is 0 Å². The monoisotopic (exact) mass is 1660 g/mol. The highest BCUT2D eigenvalue weighted by atomic mass is 32.1. The minimum Gasteiger partial charge on any atom is -0.456 e. The largest absolute Gasteiger partial charge is 0.456 e. The maximum absolute atomic E-state index is 6.07. The van der Waals surface area contributed by atoms with Crippen molar-refractivity contribution in [2.45, 2.75) is 48.5 Å². The molecule has 0 N–H and O–H groups in total. The lowest BCUT2D eigenvalue weighted by molar-refractivity contribution is 0.669. The maximum atomic E-state index is 6.07. The van der Waals surface area contributed by atoms with Gasteiger partial charge < -0.3 is 8.83 Å². The zero-order chi connectivity index (χ0) is 82.7. The van der Waals surface area contributed by atoms with Crippen molar-refractivity contribution in [1.29, 1.82) is 0 Å². The first-order chi connectivity index (χ1) is 59.8. The van der Waals surface area contributed by atoms with Crippen molar-refractivity contribution in [1.82, 2.24) is 0 Å². The predicted molar refractivity (Wildman–Crippen MR) is 539 cm³/mol. The van der Waals surface area contributed by atoms with Gasteiger partial charge in [0.25, 0.3) is 0 Å². The van der Waals surface area contributed by atoms with E-state index in [1.165, 1.54) is 200 Å². The van der Waals surface area contributed by atoms with E-state index < -0.39 is 0 Å². The van der Waals surface area contributed by atoms with E-state index in [2.05, 4.69) is 419 Å². The van der Waals surface area contributed by atoms with Crippen LogP contribution in [0.2, 0.25) is 0 Å². The zero-order valence-electron chi connectivity index (χ0n) is 68.9. The number of aryl methyl sites for hydroxylation is 7. The lowest BCUT2D eigenvalue weighted by atomic mass is 10.0. The molecule has 0 unspecified atom stereocenters. The van der Waals surface area contributed by atoms with Crippen molar-refractivity contribution >= 4 is 201 Å². The van der Waals surface area contributed by atoms with Crippen LogP contribution in [-0.2, 0) is 0 Å². The summed E-state index contributed by atoms with van der Waals surface area (Å²) in [5.74, 6) is 0. The predicted octanol–water partition coefficient (Wildman–Crippen LogP) is 36.3. The molecule has 0 aliphatic rings. The lowest BCUT2D eigenvalue weighted by Gasteiger charge is -2.04. The third-order valence-corrected chi connectivity index (χ3v) is 28.7. The molecule has 0 bridgehead atoms. The van der Waals surface area contributed by atoms with Gasteiger partial charge in [0.05, 0.1) is 0 Å². The highest BCUT2D eigenvalue weighted by molar-refractivity contribution is 7.27. The second kappa shape index (κ2) is 34.8. The summed E-state index contributed by atoms with van der Waals surface area (Å²) in [6.45, 7) is 14.9. The SMILES string of the molecule is Cc1ccc(-c2ccc3oc4ccccc4c3c2)cc1.Cc1ccc(-c2ccc3sc4ccccc4c3c2)cc1.Cc1ccc(-c2cccc3c2oc2ccccc23)cc1.Cc1ccc(-c2cccc3c2sc2ccccc23)cc1.Cc1ccc2c(c1)sc1ccccc12.Cc1ccc2sc3ccccc3c2c1.Cc1cccc2c1sc1ccccc12. The lowest BCUT2D eigenvalue weighted by Crippen LogP contribution is -1.79. The van der Waals surface area contributed by atoms with Crippen molar-refractivity contribution in [2.75, 3.05) is 0 Å². The Morgan fingerprint density at radius 3 is 1.03 bits per heavy atom. The molecule has 25 rings (SSSR count). The highest BCUT2D eigenvalue weighted by Gasteiger charge is 2.16. The molecule has 2 nitrogen and oxygen atoms in total. The summed E-state index contributed by atoms with van der Waals surface area (Å²) in [6, 6.07) is 140. The number of rotatable bonds is 4. The van der Waals surface area contributed by atoms with Gasteiger partial charge in [-0.05, 0) is 183 Å². The minimum absolute atomic E-state index is 0.946. The minimum atomic E-state index is 0.946. The van der Waals surface area contributed by atoms with Gasteiger partial charge in [0.15, 0.2) is 0 Å². The van der Waals surface area contributed by atoms with Crippen LogP contribution in [0.4, 0.5) is 0 Å². The fourth-order valence-corrected chi connectivity index (χ4v) is 22.1. The molecule has 588 valence electrons. The van der Waals surface area contributed by atoms with Gasteiger partial charge in [-0.15, -0.1) is 56.7 Å². The normalized spacial score (nSPS) is 11.2. The van der Waals surface area contributed by atoms with Crippen LogP contribution in [0.25, 0.3) is 189 Å². The van der Waals surface area contributed by atoms with E-state index in [1.54, 1.807) is 0 Å². The molecular formula is C115H86O2S5. The first-order valence-corrected chi connectivity index (χ1v) is 45.5. The molecule has 7 heteroatoms. The molecule has 0 spiro atoms. The Labute approximate surface area is 730 Å². The van der Waals surface area contributed by atoms with Crippen LogP contribution < -0.4 is 0 Å². The summed E-state index contributed by atoms with van der Waals surface area (Å²) in [5.41, 5.74) is 23.0. The van der Waals surface area contributed by atoms with Gasteiger partial charge in [0.2, 0.25) is 0 Å². The van der Waals surface area contributed by atoms with Crippen molar-refractivity contribution in [3.63, 3.8) is 0 Å². The standard InChI is InChI=1S/2C19H14O.2C19H14S.3C13H10S/c1-13-9-11-14(12-10-13)15-6-4-7-17-16-5-2-3-8-18(16)20-19(15)17;1-13-6-8-14(9-7-13)15-10-11-19-17(12-15)16-4-2-3-5-18(16)20-19;1-13-9-11-14(12-10-13)15-6-4-7-17-16-5-2-3-8-18(16)20-19(15)17;1-13-6-8-14(9-7-13)15-10-11-19-17(12-15)16-4-2-3-5-18(16)20-19;1-9-5-4-7-11-10-6-2-3-8-12(10)14-13(9)11;1-9-6-7-13-11(8-9)10-4-2-3-5-12(10)14-13;1-9-6-7-11-10-4-2-3-5-12(10)14-13(11)8-9/h4*2-12H,1H3;3*2-8H,1H3. The molecule has 0 radical (unpaired) electrons. The van der Waals surface area contributed by atoms with Crippen molar-refractivity contribution in [3.8, 4) is 44.5 Å². The fraction of sp³-hybridized carbons (Fsp3) is 0.0609. The van der Waals surface area contributed by atoms with Gasteiger partial charge in [-0.25, -0.2) is 0 Å². The Balaban J connectivity index is 0.0000000942. The van der Waals surface area contributed by atoms with E-state index in [0.29, 0.717) is 0 Å². The van der Waals surface area contributed by atoms with E-state index in [0.717, 1.165) is 27.9 Å². The molecule has 0 fully saturated rings. The van der Waals surface area contributed by atoms with Gasteiger partial charge in [0.1, 0.15) is 22.3 Å². The molecule has 0 amide bonds. The van der Waals surface area contributed by atoms with Gasteiger partial charge in [-0.1, -0.05) is 337 Å². The summed E-state index contributed by atoms with van der Waals surface area (Å²) in [6.07, 6.45) is 0. The number of hydrogen-bond acceptors (Lipinski definition) is 7. The van der Waals surface area contributed by atoms with Crippen LogP contribution in [-0.4, -0.2) is 0 Å². The molecule has 0 saturated carbocycles. The van der Waals surface area contributed by atoms with E-state index in [9.17, 15) is 0 Å². The Kier molecular flexibility index (Phi) is 22.4. The highest BCUT2D eigenvalue weighted by Crippen LogP contribution is 2.44. The second-order valence-electron chi connectivity index (χ2n) is 31.4. The topological polar surface area (TPSA) is 26.3 Å². The first kappa shape index (κ1) is 78.5. The summed E-state index contributed by atoms with van der Waals surface area (Å²) < 4.78 is 25.8. The third-order valence-electron chi connectivity index (χ3n) is 22.7. The van der Waals surface area contributed by atoms with Gasteiger partial charge in [0, 0.05) is 128 Å². The zero-order valence-corrected chi connectivity index (χ0v) is 73.0. The molecule has 7 aromatic heterocycles. The number of para-hydroxylation sites is 3. The number of hydrogen-bond donors (Lipinski definition) is 0. The molecule has 122 heavy (non-hydrogen) atoms. The Morgan fingerprint density at radius 2 is 0.484 bits per heavy atom. The maximum Gasteiger partial charge on any atom is 0.143 e. The van der Waals surface area contributed by atoms with Crippen LogP contribution in [0, 0.1) is 48.5 Å². The van der Waals surface area contributed by atoms with Gasteiger partial charge >= 0.3 is 0 Å². The molecular weight excluding hydrogens is 1570 g/mol. The number of furan rings is 2. The first-order valence-electron chi connectivity index (χ1n) is 41.4. The number of benzene rings is 18. The van der Waals surface area contributed by atoms with Crippen LogP contribution in [0.15, 0.2) is 403 Å². The molecule has 25 aromatic rings. The summed E-state index contributed by atoms with van der Waals surface area (Å²) in [4.78, 5) is 0. The van der Waals surface area contributed by atoms with E-state index in [-0.39, 0.29) is 0 Å². The summed E-state index contributed by atoms with van der Waals surface area (Å²) >= 11 is 9.39. The average Bonchev–Trinajstić information content (AvgIpc) is 1.59. The Morgan fingerprint density at radius 1 is 0.164 bits per heavy atom. The van der Waals surface area contributed by atoms with Crippen molar-refractivity contribution in [3.05, 3.63) is 433 Å². The smallest absolute Gasteiger partial charge is 0.143 e. The molecule has 0 aliphatic carbocycles. The Hall–Kier alpha value is -13.3. The molecule has 0 aliphatic heterocycles. The number of thiophene rings is 5. The van der Waals surface area contributed by atoms with Crippen molar-refractivity contribution in [2.24, 2.45) is 0 Å². The Bertz CT molecular complexity index is 7730. The van der Waals surface area contributed by atoms with Crippen LogP contribution in [0.5, 0.6) is 0 Å².